The normalized spacial score (nSPS) is 14.0. The maximum atomic E-state index is 13.7. The molecule has 0 unspecified atom stereocenters. The van der Waals surface area contributed by atoms with Gasteiger partial charge in [0.1, 0.15) is 5.82 Å². The van der Waals surface area contributed by atoms with Gasteiger partial charge >= 0.3 is 0 Å². The molecule has 29 heavy (non-hydrogen) atoms. The molecular weight excluding hydrogens is 375 g/mol. The molecule has 0 fully saturated rings. The predicted molar refractivity (Wildman–Crippen MR) is 109 cm³/mol. The Morgan fingerprint density at radius 1 is 1.21 bits per heavy atom. The number of hydrogen-bond donors (Lipinski definition) is 3. The molecule has 0 radical (unpaired) electrons. The molecule has 2 aromatic rings. The molecule has 1 aliphatic heterocycles. The van der Waals surface area contributed by atoms with Crippen molar-refractivity contribution in [2.24, 2.45) is 7.05 Å². The van der Waals surface area contributed by atoms with Crippen LogP contribution in [-0.2, 0) is 16.6 Å². The van der Waals surface area contributed by atoms with Crippen LogP contribution in [0.15, 0.2) is 18.2 Å². The molecule has 3 rings (SSSR count). The molecule has 0 bridgehead atoms. The zero-order valence-corrected chi connectivity index (χ0v) is 16.8. The number of nitrogens with one attached hydrogen (secondary N) is 3. The number of rotatable bonds is 5. The van der Waals surface area contributed by atoms with Crippen LogP contribution < -0.4 is 16.0 Å². The SMILES string of the molecule is CC(=O)NCCNC(=O)c1c(C)c(C=C2C(=O)Nc3ccc(F)cc32)n(C)c1C. The summed E-state index contributed by atoms with van der Waals surface area (Å²) in [7, 11) is 1.81. The van der Waals surface area contributed by atoms with Crippen molar-refractivity contribution in [2.75, 3.05) is 18.4 Å². The molecule has 0 saturated carbocycles. The molecule has 1 aliphatic rings. The van der Waals surface area contributed by atoms with Crippen LogP contribution in [0.5, 0.6) is 0 Å². The van der Waals surface area contributed by atoms with Crippen molar-refractivity contribution in [1.29, 1.82) is 0 Å². The number of benzene rings is 1. The van der Waals surface area contributed by atoms with Gasteiger partial charge in [0.2, 0.25) is 5.91 Å². The smallest absolute Gasteiger partial charge is 0.256 e. The van der Waals surface area contributed by atoms with E-state index in [-0.39, 0.29) is 17.7 Å². The van der Waals surface area contributed by atoms with Gasteiger partial charge in [-0.15, -0.1) is 0 Å². The number of aromatic nitrogens is 1. The molecule has 1 aromatic heterocycles. The molecule has 7 nitrogen and oxygen atoms in total. The van der Waals surface area contributed by atoms with E-state index in [0.717, 1.165) is 5.69 Å². The second-order valence-electron chi connectivity index (χ2n) is 6.97. The Hall–Kier alpha value is -3.42. The summed E-state index contributed by atoms with van der Waals surface area (Å²) in [5.41, 5.74) is 4.06. The van der Waals surface area contributed by atoms with Crippen LogP contribution in [-0.4, -0.2) is 35.4 Å². The van der Waals surface area contributed by atoms with Gasteiger partial charge in [-0.25, -0.2) is 4.39 Å². The van der Waals surface area contributed by atoms with Gasteiger partial charge in [0.15, 0.2) is 0 Å². The number of halogens is 1. The molecule has 8 heteroatoms. The first-order valence-corrected chi connectivity index (χ1v) is 9.22. The van der Waals surface area contributed by atoms with Gasteiger partial charge in [-0.2, -0.15) is 0 Å². The number of carbonyl (C=O) groups is 3. The third-order valence-corrected chi connectivity index (χ3v) is 5.04. The van der Waals surface area contributed by atoms with E-state index >= 15 is 0 Å². The number of fused-ring (bicyclic) bond motifs is 1. The summed E-state index contributed by atoms with van der Waals surface area (Å²) in [6.07, 6.45) is 1.68. The first kappa shape index (κ1) is 20.3. The standard InChI is InChI=1S/C21H23FN4O3/c1-11-18(10-16-15-9-14(22)5-6-17(15)25-20(16)28)26(4)12(2)19(11)21(29)24-8-7-23-13(3)27/h5-6,9-10H,7-8H2,1-4H3,(H,23,27)(H,24,29)(H,25,28). The monoisotopic (exact) mass is 398 g/mol. The molecule has 0 spiro atoms. The summed E-state index contributed by atoms with van der Waals surface area (Å²) < 4.78 is 15.5. The summed E-state index contributed by atoms with van der Waals surface area (Å²) in [6.45, 7) is 5.68. The van der Waals surface area contributed by atoms with Gasteiger partial charge < -0.3 is 20.5 Å². The van der Waals surface area contributed by atoms with E-state index in [1.807, 2.05) is 25.5 Å². The molecular formula is C21H23FN4O3. The summed E-state index contributed by atoms with van der Waals surface area (Å²) in [5.74, 6) is -1.16. The molecule has 3 N–H and O–H groups in total. The van der Waals surface area contributed by atoms with Gasteiger partial charge in [0.25, 0.3) is 11.8 Å². The highest BCUT2D eigenvalue weighted by Crippen LogP contribution is 2.35. The van der Waals surface area contributed by atoms with Crippen molar-refractivity contribution < 1.29 is 18.8 Å². The average molecular weight is 398 g/mol. The van der Waals surface area contributed by atoms with E-state index in [1.54, 1.807) is 6.08 Å². The van der Waals surface area contributed by atoms with E-state index in [2.05, 4.69) is 16.0 Å². The lowest BCUT2D eigenvalue weighted by molar-refractivity contribution is -0.119. The van der Waals surface area contributed by atoms with E-state index in [4.69, 9.17) is 0 Å². The fourth-order valence-electron chi connectivity index (χ4n) is 3.48. The van der Waals surface area contributed by atoms with Gasteiger partial charge in [-0.3, -0.25) is 14.4 Å². The Morgan fingerprint density at radius 2 is 1.90 bits per heavy atom. The van der Waals surface area contributed by atoms with Gasteiger partial charge in [-0.1, -0.05) is 0 Å². The molecule has 3 amide bonds. The fourth-order valence-corrected chi connectivity index (χ4v) is 3.48. The van der Waals surface area contributed by atoms with Crippen molar-refractivity contribution in [2.45, 2.75) is 20.8 Å². The molecule has 0 atom stereocenters. The summed E-state index contributed by atoms with van der Waals surface area (Å²) in [6, 6.07) is 4.14. The molecule has 1 aromatic carbocycles. The Balaban J connectivity index is 1.93. The van der Waals surface area contributed by atoms with E-state index in [1.165, 1.54) is 25.1 Å². The Bertz CT molecular complexity index is 1050. The minimum absolute atomic E-state index is 0.160. The second kappa shape index (κ2) is 7.90. The average Bonchev–Trinajstić information content (AvgIpc) is 3.07. The van der Waals surface area contributed by atoms with Crippen LogP contribution in [0.25, 0.3) is 11.6 Å². The van der Waals surface area contributed by atoms with E-state index < -0.39 is 5.82 Å². The minimum atomic E-state index is -0.426. The summed E-state index contributed by atoms with van der Waals surface area (Å²) in [4.78, 5) is 36.0. The Labute approximate surface area is 168 Å². The minimum Gasteiger partial charge on any atom is -0.355 e. The maximum Gasteiger partial charge on any atom is 0.256 e. The van der Waals surface area contributed by atoms with Crippen LogP contribution in [0.2, 0.25) is 0 Å². The molecule has 0 saturated heterocycles. The fraction of sp³-hybridized carbons (Fsp3) is 0.286. The number of anilines is 1. The number of nitrogens with zero attached hydrogens (tertiary/aromatic N) is 1. The third kappa shape index (κ3) is 3.91. The van der Waals surface area contributed by atoms with Gasteiger partial charge in [0, 0.05) is 49.7 Å². The van der Waals surface area contributed by atoms with Crippen LogP contribution in [0.3, 0.4) is 0 Å². The lowest BCUT2D eigenvalue weighted by Gasteiger charge is -2.06. The van der Waals surface area contributed by atoms with E-state index in [9.17, 15) is 18.8 Å². The largest absolute Gasteiger partial charge is 0.355 e. The van der Waals surface area contributed by atoms with Crippen LogP contribution >= 0.6 is 0 Å². The zero-order valence-electron chi connectivity index (χ0n) is 16.8. The first-order chi connectivity index (χ1) is 13.7. The highest BCUT2D eigenvalue weighted by Gasteiger charge is 2.27. The first-order valence-electron chi connectivity index (χ1n) is 9.22. The van der Waals surface area contributed by atoms with Crippen LogP contribution in [0, 0.1) is 19.7 Å². The quantitative estimate of drug-likeness (QED) is 0.532. The van der Waals surface area contributed by atoms with E-state index in [0.29, 0.717) is 46.7 Å². The second-order valence-corrected chi connectivity index (χ2v) is 6.97. The molecule has 152 valence electrons. The van der Waals surface area contributed by atoms with Gasteiger partial charge in [0.05, 0.1) is 11.1 Å². The third-order valence-electron chi connectivity index (χ3n) is 5.04. The Kier molecular flexibility index (Phi) is 5.54. The number of amides is 3. The van der Waals surface area contributed by atoms with Crippen LogP contribution in [0.4, 0.5) is 10.1 Å². The lowest BCUT2D eigenvalue weighted by Crippen LogP contribution is -2.34. The van der Waals surface area contributed by atoms with Crippen molar-refractivity contribution in [1.82, 2.24) is 15.2 Å². The van der Waals surface area contributed by atoms with Gasteiger partial charge in [-0.05, 0) is 43.7 Å². The predicted octanol–water partition coefficient (Wildman–Crippen LogP) is 2.14. The topological polar surface area (TPSA) is 92.2 Å². The van der Waals surface area contributed by atoms with Crippen LogP contribution in [0.1, 0.15) is 39.8 Å². The van der Waals surface area contributed by atoms with Crippen molar-refractivity contribution in [3.05, 3.63) is 52.1 Å². The van der Waals surface area contributed by atoms with Crippen molar-refractivity contribution in [3.63, 3.8) is 0 Å². The molecule has 0 aliphatic carbocycles. The maximum absolute atomic E-state index is 13.7. The summed E-state index contributed by atoms with van der Waals surface area (Å²) in [5, 5.41) is 8.13. The zero-order chi connectivity index (χ0) is 21.3. The highest BCUT2D eigenvalue weighted by atomic mass is 19.1. The molecule has 2 heterocycles. The summed E-state index contributed by atoms with van der Waals surface area (Å²) >= 11 is 0. The number of hydrogen-bond acceptors (Lipinski definition) is 3. The van der Waals surface area contributed by atoms with Crippen molar-refractivity contribution in [3.8, 4) is 0 Å². The number of carbonyl (C=O) groups excluding carboxylic acids is 3. The highest BCUT2D eigenvalue weighted by molar-refractivity contribution is 6.35. The van der Waals surface area contributed by atoms with Crippen molar-refractivity contribution >= 4 is 35.1 Å². The lowest BCUT2D eigenvalue weighted by atomic mass is 10.0. The Morgan fingerprint density at radius 3 is 2.59 bits per heavy atom.